The Hall–Kier alpha value is -2.31. The van der Waals surface area contributed by atoms with Crippen LogP contribution in [0.5, 0.6) is 11.5 Å². The first-order chi connectivity index (χ1) is 13.3. The van der Waals surface area contributed by atoms with Crippen LogP contribution in [0.25, 0.3) is 0 Å². The van der Waals surface area contributed by atoms with Crippen LogP contribution in [0, 0.1) is 6.92 Å². The second kappa shape index (κ2) is 10.5. The molecule has 162 valence electrons. The van der Waals surface area contributed by atoms with E-state index in [2.05, 4.69) is 6.08 Å². The zero-order chi connectivity index (χ0) is 22.4. The number of hydrogen-bond donors (Lipinski definition) is 5. The Labute approximate surface area is 172 Å². The van der Waals surface area contributed by atoms with Crippen LogP contribution in [0.4, 0.5) is 0 Å². The summed E-state index contributed by atoms with van der Waals surface area (Å²) < 4.78 is 0. The number of carboxylic acids is 1. The lowest BCUT2D eigenvalue weighted by Crippen LogP contribution is -2.35. The first kappa shape index (κ1) is 24.7. The molecule has 29 heavy (non-hydrogen) atoms. The molecule has 6 nitrogen and oxygen atoms in total. The van der Waals surface area contributed by atoms with E-state index in [1.165, 1.54) is 13.0 Å². The Morgan fingerprint density at radius 2 is 1.72 bits per heavy atom. The number of aromatic carboxylic acids is 1. The summed E-state index contributed by atoms with van der Waals surface area (Å²) in [7, 11) is 0. The molecule has 0 fully saturated rings. The fourth-order valence-corrected chi connectivity index (χ4v) is 3.04. The van der Waals surface area contributed by atoms with Crippen LogP contribution in [0.1, 0.15) is 74.9 Å². The zero-order valence-corrected chi connectivity index (χ0v) is 18.0. The van der Waals surface area contributed by atoms with Crippen molar-refractivity contribution in [1.82, 2.24) is 0 Å². The summed E-state index contributed by atoms with van der Waals surface area (Å²) in [5.41, 5.74) is 1.43. The van der Waals surface area contributed by atoms with E-state index in [1.54, 1.807) is 13.8 Å². The molecule has 1 rings (SSSR count). The van der Waals surface area contributed by atoms with Crippen LogP contribution in [-0.2, 0) is 6.42 Å². The highest BCUT2D eigenvalue weighted by Crippen LogP contribution is 2.34. The summed E-state index contributed by atoms with van der Waals surface area (Å²) in [6.45, 7) is 8.65. The first-order valence-electron chi connectivity index (χ1n) is 9.84. The zero-order valence-electron chi connectivity index (χ0n) is 18.0. The summed E-state index contributed by atoms with van der Waals surface area (Å²) in [4.78, 5) is 11.3. The number of aryl methyl sites for hydroxylation is 1. The van der Waals surface area contributed by atoms with Gasteiger partial charge in [-0.2, -0.15) is 0 Å². The number of carboxylic acid groups (broad SMARTS) is 1. The normalized spacial score (nSPS) is 14.2. The van der Waals surface area contributed by atoms with Crippen LogP contribution >= 0.6 is 0 Å². The number of phenols is 2. The monoisotopic (exact) mass is 406 g/mol. The van der Waals surface area contributed by atoms with Crippen molar-refractivity contribution in [1.29, 1.82) is 0 Å². The molecule has 0 heterocycles. The predicted molar refractivity (Wildman–Crippen MR) is 113 cm³/mol. The number of benzene rings is 1. The summed E-state index contributed by atoms with van der Waals surface area (Å²) in [6.07, 6.45) is 6.23. The molecule has 0 spiro atoms. The highest BCUT2D eigenvalue weighted by atomic mass is 16.4. The van der Waals surface area contributed by atoms with E-state index in [-0.39, 0.29) is 29.0 Å². The Kier molecular flexibility index (Phi) is 8.92. The maximum atomic E-state index is 11.3. The molecule has 0 radical (unpaired) electrons. The van der Waals surface area contributed by atoms with E-state index in [0.29, 0.717) is 18.4 Å². The lowest BCUT2D eigenvalue weighted by Gasteiger charge is -2.24. The number of rotatable bonds is 10. The van der Waals surface area contributed by atoms with Gasteiger partial charge in [0, 0.05) is 5.56 Å². The predicted octanol–water partition coefficient (Wildman–Crippen LogP) is 4.23. The third kappa shape index (κ3) is 7.55. The van der Waals surface area contributed by atoms with E-state index < -0.39 is 17.7 Å². The molecule has 0 aliphatic heterocycles. The van der Waals surface area contributed by atoms with Gasteiger partial charge < -0.3 is 25.5 Å². The minimum absolute atomic E-state index is 0.116. The largest absolute Gasteiger partial charge is 0.508 e. The van der Waals surface area contributed by atoms with E-state index in [9.17, 15) is 30.3 Å². The topological polar surface area (TPSA) is 118 Å². The van der Waals surface area contributed by atoms with Gasteiger partial charge in [-0.25, -0.2) is 4.79 Å². The highest BCUT2D eigenvalue weighted by Gasteiger charge is 2.23. The van der Waals surface area contributed by atoms with Crippen LogP contribution in [0.2, 0.25) is 0 Å². The van der Waals surface area contributed by atoms with Crippen molar-refractivity contribution in [2.45, 2.75) is 78.4 Å². The van der Waals surface area contributed by atoms with E-state index in [4.69, 9.17) is 0 Å². The van der Waals surface area contributed by atoms with Gasteiger partial charge in [0.2, 0.25) is 0 Å². The van der Waals surface area contributed by atoms with Gasteiger partial charge in [-0.1, -0.05) is 23.3 Å². The maximum Gasteiger partial charge on any atom is 0.339 e. The van der Waals surface area contributed by atoms with Gasteiger partial charge in [-0.15, -0.1) is 0 Å². The molecule has 0 saturated heterocycles. The molecule has 6 heteroatoms. The molecule has 0 saturated carbocycles. The molecule has 0 aromatic heterocycles. The number of hydrogen-bond acceptors (Lipinski definition) is 5. The van der Waals surface area contributed by atoms with Gasteiger partial charge in [-0.05, 0) is 78.4 Å². The minimum Gasteiger partial charge on any atom is -0.508 e. The van der Waals surface area contributed by atoms with Gasteiger partial charge in [-0.3, -0.25) is 0 Å². The smallest absolute Gasteiger partial charge is 0.339 e. The second-order valence-electron chi connectivity index (χ2n) is 8.27. The van der Waals surface area contributed by atoms with Crippen molar-refractivity contribution in [2.75, 3.05) is 0 Å². The lowest BCUT2D eigenvalue weighted by atomic mass is 9.95. The van der Waals surface area contributed by atoms with Gasteiger partial charge in [0.05, 0.1) is 11.7 Å². The molecular formula is C23H34O6. The SMILES string of the molecule is C/C(=C\Cc1c(O)cc(C)c(C(=O)O)c1O)CC/C=C(\C)CC[C@H](O)C(C)(C)O. The third-order valence-electron chi connectivity index (χ3n) is 5.11. The minimum atomic E-state index is -1.22. The van der Waals surface area contributed by atoms with E-state index >= 15 is 0 Å². The van der Waals surface area contributed by atoms with Crippen molar-refractivity contribution < 1.29 is 30.3 Å². The molecule has 1 aromatic carbocycles. The Balaban J connectivity index is 2.68. The van der Waals surface area contributed by atoms with Crippen molar-refractivity contribution in [3.63, 3.8) is 0 Å². The van der Waals surface area contributed by atoms with Crippen LogP contribution < -0.4 is 0 Å². The molecular weight excluding hydrogens is 372 g/mol. The number of aliphatic hydroxyl groups is 2. The van der Waals surface area contributed by atoms with Gasteiger partial charge in [0.25, 0.3) is 0 Å². The highest BCUT2D eigenvalue weighted by molar-refractivity contribution is 5.93. The molecule has 0 amide bonds. The summed E-state index contributed by atoms with van der Waals surface area (Å²) in [5, 5.41) is 49.2. The van der Waals surface area contributed by atoms with Crippen molar-refractivity contribution in [3.05, 3.63) is 46.1 Å². The van der Waals surface area contributed by atoms with E-state index in [0.717, 1.165) is 24.0 Å². The summed E-state index contributed by atoms with van der Waals surface area (Å²) in [6, 6.07) is 1.36. The van der Waals surface area contributed by atoms with Crippen LogP contribution in [-0.4, -0.2) is 43.2 Å². The number of phenolic OH excluding ortho intramolecular Hbond substituents is 1. The molecule has 0 aliphatic rings. The number of allylic oxidation sites excluding steroid dienone is 4. The fourth-order valence-electron chi connectivity index (χ4n) is 3.04. The van der Waals surface area contributed by atoms with Crippen molar-refractivity contribution in [2.24, 2.45) is 0 Å². The Morgan fingerprint density at radius 3 is 2.28 bits per heavy atom. The second-order valence-corrected chi connectivity index (χ2v) is 8.27. The Morgan fingerprint density at radius 1 is 1.14 bits per heavy atom. The number of aliphatic hydroxyl groups excluding tert-OH is 1. The number of aromatic hydroxyl groups is 2. The van der Waals surface area contributed by atoms with Crippen LogP contribution in [0.3, 0.4) is 0 Å². The molecule has 0 bridgehead atoms. The maximum absolute atomic E-state index is 11.3. The van der Waals surface area contributed by atoms with Crippen molar-refractivity contribution >= 4 is 5.97 Å². The summed E-state index contributed by atoms with van der Waals surface area (Å²) in [5.74, 6) is -1.73. The first-order valence-corrected chi connectivity index (χ1v) is 9.84. The van der Waals surface area contributed by atoms with Gasteiger partial charge in [0.15, 0.2) is 0 Å². The lowest BCUT2D eigenvalue weighted by molar-refractivity contribution is -0.0509. The van der Waals surface area contributed by atoms with Gasteiger partial charge in [0.1, 0.15) is 17.1 Å². The van der Waals surface area contributed by atoms with Crippen LogP contribution in [0.15, 0.2) is 29.4 Å². The van der Waals surface area contributed by atoms with Gasteiger partial charge >= 0.3 is 5.97 Å². The average Bonchev–Trinajstić information content (AvgIpc) is 2.57. The molecule has 0 unspecified atom stereocenters. The standard InChI is InChI=1S/C23H34O6/c1-14(7-6-8-15(2)10-12-19(25)23(4,5)29)9-11-17-18(24)13-16(3)20(21(17)26)22(27)28/h8-9,13,19,24-26,29H,6-7,10-12H2,1-5H3,(H,27,28)/b14-9+,15-8+/t19-/m0/s1. The molecule has 1 atom stereocenters. The van der Waals surface area contributed by atoms with E-state index in [1.807, 2.05) is 19.9 Å². The molecule has 0 aliphatic carbocycles. The van der Waals surface area contributed by atoms with Crippen molar-refractivity contribution in [3.8, 4) is 11.5 Å². The number of carbonyl (C=O) groups is 1. The average molecular weight is 407 g/mol. The Bertz CT molecular complexity index is 784. The third-order valence-corrected chi connectivity index (χ3v) is 5.11. The fraction of sp³-hybridized carbons (Fsp3) is 0.522. The quantitative estimate of drug-likeness (QED) is 0.371. The summed E-state index contributed by atoms with van der Waals surface area (Å²) >= 11 is 0. The molecule has 1 aromatic rings. The molecule has 5 N–H and O–H groups in total.